The number of fused-ring (bicyclic) bond motifs is 1. The van der Waals surface area contributed by atoms with Crippen molar-refractivity contribution in [1.82, 2.24) is 0 Å². The molecule has 3 rings (SSSR count). The molecule has 0 heterocycles. The molecule has 0 bridgehead atoms. The first kappa shape index (κ1) is 49.2. The molecule has 0 fully saturated rings. The van der Waals surface area contributed by atoms with Gasteiger partial charge in [0, 0.05) is 6.42 Å². The van der Waals surface area contributed by atoms with E-state index in [9.17, 15) is 0 Å². The van der Waals surface area contributed by atoms with Crippen LogP contribution in [0.4, 0.5) is 0 Å². The van der Waals surface area contributed by atoms with Crippen molar-refractivity contribution in [1.29, 1.82) is 0 Å². The van der Waals surface area contributed by atoms with E-state index in [1.54, 1.807) is 6.08 Å². The van der Waals surface area contributed by atoms with Gasteiger partial charge in [-0.15, -0.1) is 12.5 Å². The second kappa shape index (κ2) is 27.7. The highest BCUT2D eigenvalue weighted by atomic mass is 14.2. The van der Waals surface area contributed by atoms with Crippen LogP contribution in [0, 0.1) is 23.7 Å². The molecule has 0 saturated heterocycles. The zero-order valence-electron chi connectivity index (χ0n) is 37.6. The zero-order valence-corrected chi connectivity index (χ0v) is 37.6. The standard InChI is InChI=1S/C56H64.C3H6/c1-12-22-25-32-46(31-23-13-2)45(28-14-3)36-35-43(18-7)55-50(20-9)51(21-10)56(54-41-49(38-40-53(54)55)47-33-26-24-27-34-47)44(19-8)37-39-52(42(11)17-6)48(29-15-4)30-16-5;1-3-2/h12,15,18-22,24-29,32-42,46H,4,8-10,13-14,16-17,30H2,1-3,5-7,11H3;3H,1H2,2H3/b22-12-,32-25-,36-35-,43-18+,44-37+,45-28+,48-29+,52-39+;. The van der Waals surface area contributed by atoms with E-state index in [1.165, 1.54) is 22.3 Å². The lowest BCUT2D eigenvalue weighted by molar-refractivity contribution is 0.652. The van der Waals surface area contributed by atoms with E-state index in [0.29, 0.717) is 5.92 Å². The Morgan fingerprint density at radius 3 is 1.97 bits per heavy atom. The lowest BCUT2D eigenvalue weighted by Crippen LogP contribution is -2.02. The fourth-order valence-corrected chi connectivity index (χ4v) is 7.15. The number of allylic oxidation sites excluding steroid dienone is 19. The summed E-state index contributed by atoms with van der Waals surface area (Å²) in [5, 5.41) is 2.28. The van der Waals surface area contributed by atoms with Gasteiger partial charge in [0.1, 0.15) is 0 Å². The fraction of sp³-hybridized carbons (Fsp3) is 0.254. The number of hydrogen-bond acceptors (Lipinski definition) is 0. The van der Waals surface area contributed by atoms with Crippen molar-refractivity contribution in [3.8, 4) is 23.0 Å². The molecule has 0 aliphatic carbocycles. The van der Waals surface area contributed by atoms with Crippen molar-refractivity contribution in [3.63, 3.8) is 0 Å². The Morgan fingerprint density at radius 1 is 0.746 bits per heavy atom. The quantitative estimate of drug-likeness (QED) is 0.0646. The minimum absolute atomic E-state index is 0.0107. The summed E-state index contributed by atoms with van der Waals surface area (Å²) in [5.74, 6) is 7.21. The summed E-state index contributed by atoms with van der Waals surface area (Å²) in [6.45, 7) is 37.7. The van der Waals surface area contributed by atoms with Crippen LogP contribution >= 0.6 is 0 Å². The molecule has 3 aromatic carbocycles. The van der Waals surface area contributed by atoms with Crippen molar-refractivity contribution >= 4 is 34.1 Å². The van der Waals surface area contributed by atoms with Gasteiger partial charge in [0.2, 0.25) is 0 Å². The minimum atomic E-state index is -0.0107. The van der Waals surface area contributed by atoms with Gasteiger partial charge < -0.3 is 0 Å². The second-order valence-corrected chi connectivity index (χ2v) is 14.2. The Labute approximate surface area is 360 Å². The summed E-state index contributed by atoms with van der Waals surface area (Å²) in [6, 6.07) is 17.5. The first-order chi connectivity index (χ1) is 28.7. The van der Waals surface area contributed by atoms with Crippen LogP contribution in [0.1, 0.15) is 110 Å². The molecule has 0 aliphatic heterocycles. The Morgan fingerprint density at radius 2 is 1.42 bits per heavy atom. The van der Waals surface area contributed by atoms with Gasteiger partial charge in [-0.05, 0) is 124 Å². The highest BCUT2D eigenvalue weighted by molar-refractivity contribution is 6.10. The zero-order chi connectivity index (χ0) is 43.6. The van der Waals surface area contributed by atoms with Gasteiger partial charge >= 0.3 is 0 Å². The largest absolute Gasteiger partial charge is 0.103 e. The van der Waals surface area contributed by atoms with E-state index in [1.807, 2.05) is 44.2 Å². The molecule has 0 spiro atoms. The van der Waals surface area contributed by atoms with Crippen LogP contribution in [0.3, 0.4) is 0 Å². The second-order valence-electron chi connectivity index (χ2n) is 14.2. The van der Waals surface area contributed by atoms with Crippen LogP contribution in [0.2, 0.25) is 0 Å². The third-order valence-electron chi connectivity index (χ3n) is 10.1. The molecule has 0 nitrogen and oxygen atoms in total. The molecule has 2 unspecified atom stereocenters. The van der Waals surface area contributed by atoms with E-state index >= 15 is 0 Å². The molecule has 2 atom stereocenters. The van der Waals surface area contributed by atoms with Crippen LogP contribution in [0.5, 0.6) is 0 Å². The van der Waals surface area contributed by atoms with Crippen LogP contribution in [-0.4, -0.2) is 0 Å². The van der Waals surface area contributed by atoms with Gasteiger partial charge in [-0.1, -0.05) is 213 Å². The Balaban J connectivity index is 0.00000387. The smallest absolute Gasteiger partial charge is 0.0632 e. The number of rotatable bonds is 19. The molecule has 0 heteroatoms. The molecular formula is C59H70. The van der Waals surface area contributed by atoms with Crippen LogP contribution in [0.25, 0.3) is 45.2 Å². The summed E-state index contributed by atoms with van der Waals surface area (Å²) in [7, 11) is 0. The van der Waals surface area contributed by atoms with Crippen LogP contribution < -0.4 is 0 Å². The Hall–Kier alpha value is -5.90. The SMILES string of the molecule is C=C/C=C(CCC)/C(=C/C=C(\C=C)c1c(C=C)c(C=C)c(C(/C=C\C(=C/CC)C(C#CCC)/C=C\C=C/C)=C/C)c2ccc(-c3ccccc3)cc12)C(C)CC.C=CC. The van der Waals surface area contributed by atoms with Crippen molar-refractivity contribution in [2.24, 2.45) is 11.8 Å². The maximum atomic E-state index is 4.41. The summed E-state index contributed by atoms with van der Waals surface area (Å²) < 4.78 is 0. The molecule has 306 valence electrons. The van der Waals surface area contributed by atoms with Crippen LogP contribution in [0.15, 0.2) is 183 Å². The number of hydrogen-bond donors (Lipinski definition) is 0. The molecule has 0 radical (unpaired) electrons. The van der Waals surface area contributed by atoms with E-state index in [-0.39, 0.29) is 5.92 Å². The van der Waals surface area contributed by atoms with Crippen molar-refractivity contribution in [2.75, 3.05) is 0 Å². The average molecular weight is 779 g/mol. The molecule has 59 heavy (non-hydrogen) atoms. The molecule has 0 saturated carbocycles. The normalized spacial score (nSPS) is 13.8. The van der Waals surface area contributed by atoms with E-state index in [2.05, 4.69) is 196 Å². The van der Waals surface area contributed by atoms with Gasteiger partial charge in [0.25, 0.3) is 0 Å². The minimum Gasteiger partial charge on any atom is -0.103 e. The van der Waals surface area contributed by atoms with Crippen LogP contribution in [-0.2, 0) is 0 Å². The fourth-order valence-electron chi connectivity index (χ4n) is 7.15. The number of benzene rings is 3. The lowest BCUT2D eigenvalue weighted by atomic mass is 9.81. The molecule has 3 aromatic rings. The first-order valence-electron chi connectivity index (χ1n) is 21.4. The summed E-state index contributed by atoms with van der Waals surface area (Å²) in [5.41, 5.74) is 12.6. The van der Waals surface area contributed by atoms with E-state index < -0.39 is 0 Å². The van der Waals surface area contributed by atoms with Gasteiger partial charge in [-0.25, -0.2) is 0 Å². The highest BCUT2D eigenvalue weighted by Crippen LogP contribution is 2.42. The molecular weight excluding hydrogens is 709 g/mol. The highest BCUT2D eigenvalue weighted by Gasteiger charge is 2.21. The molecule has 0 N–H and O–H groups in total. The Kier molecular flexibility index (Phi) is 23.1. The summed E-state index contributed by atoms with van der Waals surface area (Å²) in [6.07, 6.45) is 38.6. The maximum Gasteiger partial charge on any atom is 0.0632 e. The van der Waals surface area contributed by atoms with Gasteiger partial charge in [-0.2, -0.15) is 0 Å². The third kappa shape index (κ3) is 13.9. The summed E-state index contributed by atoms with van der Waals surface area (Å²) >= 11 is 0. The third-order valence-corrected chi connectivity index (χ3v) is 10.1. The monoisotopic (exact) mass is 779 g/mol. The van der Waals surface area contributed by atoms with Gasteiger partial charge in [0.15, 0.2) is 0 Å². The first-order valence-corrected chi connectivity index (χ1v) is 21.4. The Bertz CT molecular complexity index is 2200. The van der Waals surface area contributed by atoms with Crippen molar-refractivity contribution in [2.45, 2.75) is 87.5 Å². The van der Waals surface area contributed by atoms with E-state index in [0.717, 1.165) is 81.8 Å². The van der Waals surface area contributed by atoms with Gasteiger partial charge in [-0.3, -0.25) is 0 Å². The summed E-state index contributed by atoms with van der Waals surface area (Å²) in [4.78, 5) is 0. The predicted octanol–water partition coefficient (Wildman–Crippen LogP) is 17.9. The van der Waals surface area contributed by atoms with Gasteiger partial charge in [0.05, 0.1) is 5.92 Å². The van der Waals surface area contributed by atoms with Crippen molar-refractivity contribution in [3.05, 3.63) is 205 Å². The maximum absolute atomic E-state index is 4.41. The lowest BCUT2D eigenvalue weighted by Gasteiger charge is -2.22. The molecule has 0 aromatic heterocycles. The predicted molar refractivity (Wildman–Crippen MR) is 271 cm³/mol. The molecule has 0 amide bonds. The average Bonchev–Trinajstić information content (AvgIpc) is 3.26. The van der Waals surface area contributed by atoms with Crippen molar-refractivity contribution < 1.29 is 0 Å². The van der Waals surface area contributed by atoms with E-state index in [4.69, 9.17) is 0 Å². The molecule has 0 aliphatic rings. The topological polar surface area (TPSA) is 0 Å².